The van der Waals surface area contributed by atoms with E-state index in [1.807, 2.05) is 13.8 Å². The van der Waals surface area contributed by atoms with Crippen molar-refractivity contribution in [3.05, 3.63) is 21.2 Å². The molecule has 0 aliphatic rings. The lowest BCUT2D eigenvalue weighted by Gasteiger charge is -2.28. The summed E-state index contributed by atoms with van der Waals surface area (Å²) in [7, 11) is 1.07. The van der Waals surface area contributed by atoms with Crippen LogP contribution >= 0.6 is 15.9 Å². The molecule has 4 nitrogen and oxygen atoms in total. The molecule has 19 heavy (non-hydrogen) atoms. The van der Waals surface area contributed by atoms with Crippen LogP contribution in [-0.2, 0) is 5.41 Å². The van der Waals surface area contributed by atoms with Gasteiger partial charge in [-0.15, -0.1) is 0 Å². The number of hydrogen-bond donors (Lipinski definition) is 2. The molecule has 0 spiro atoms. The second-order valence-corrected chi connectivity index (χ2v) is 6.39. The van der Waals surface area contributed by atoms with Crippen LogP contribution in [0.2, 0.25) is 0 Å². The molecular weight excluding hydrogens is 327 g/mol. The zero-order valence-corrected chi connectivity index (χ0v) is 14.3. The third-order valence-corrected chi connectivity index (χ3v) is 4.06. The summed E-state index contributed by atoms with van der Waals surface area (Å²) in [5.74, 6) is 0.681. The van der Waals surface area contributed by atoms with Crippen LogP contribution in [0, 0.1) is 13.8 Å². The van der Waals surface area contributed by atoms with E-state index in [9.17, 15) is 0 Å². The highest BCUT2D eigenvalue weighted by Gasteiger charge is 2.28. The first-order chi connectivity index (χ1) is 8.61. The number of halogens is 1. The lowest BCUT2D eigenvalue weighted by atomic mass is 9.80. The van der Waals surface area contributed by atoms with Gasteiger partial charge in [0, 0.05) is 0 Å². The molecule has 103 valence electrons. The van der Waals surface area contributed by atoms with E-state index in [1.165, 1.54) is 0 Å². The molecule has 2 N–H and O–H groups in total. The Morgan fingerprint density at radius 1 is 1.11 bits per heavy atom. The SMILES string of the molecule is Cc1c(Br)c(O[Si])c(OB(O)O)c(C)c1C(C)(C)C. The summed E-state index contributed by atoms with van der Waals surface area (Å²) in [6, 6.07) is 0. The molecule has 3 radical (unpaired) electrons. The second kappa shape index (κ2) is 5.87. The molecule has 0 saturated carbocycles. The van der Waals surface area contributed by atoms with Gasteiger partial charge in [0.15, 0.2) is 5.75 Å². The van der Waals surface area contributed by atoms with Crippen LogP contribution in [0.4, 0.5) is 0 Å². The Morgan fingerprint density at radius 3 is 2.00 bits per heavy atom. The smallest absolute Gasteiger partial charge is 0.537 e. The minimum Gasteiger partial charge on any atom is -0.537 e. The number of hydrogen-bond acceptors (Lipinski definition) is 4. The van der Waals surface area contributed by atoms with Crippen molar-refractivity contribution in [3.63, 3.8) is 0 Å². The van der Waals surface area contributed by atoms with Gasteiger partial charge in [0.25, 0.3) is 0 Å². The standard InChI is InChI=1S/C12H17BBrO4Si/c1-6-8(12(3,4)5)7(2)10(17-13(15)16)11(18-19)9(6)14/h15-16H,1-5H3. The fourth-order valence-corrected chi connectivity index (χ4v) is 3.21. The highest BCUT2D eigenvalue weighted by molar-refractivity contribution is 9.10. The van der Waals surface area contributed by atoms with Crippen molar-refractivity contribution in [2.45, 2.75) is 40.0 Å². The zero-order chi connectivity index (χ0) is 15.0. The molecule has 7 heteroatoms. The van der Waals surface area contributed by atoms with Crippen molar-refractivity contribution in [1.82, 2.24) is 0 Å². The van der Waals surface area contributed by atoms with Gasteiger partial charge in [-0.25, -0.2) is 0 Å². The minimum absolute atomic E-state index is 0.112. The summed E-state index contributed by atoms with van der Waals surface area (Å²) in [6.45, 7) is 10.1. The molecule has 0 aromatic heterocycles. The monoisotopic (exact) mass is 343 g/mol. The summed E-state index contributed by atoms with van der Waals surface area (Å²) in [5.41, 5.74) is 2.80. The van der Waals surface area contributed by atoms with Crippen molar-refractivity contribution in [2.24, 2.45) is 0 Å². The first-order valence-electron chi connectivity index (χ1n) is 5.80. The van der Waals surface area contributed by atoms with Crippen molar-refractivity contribution >= 4 is 33.7 Å². The minimum atomic E-state index is -1.90. The quantitative estimate of drug-likeness (QED) is 0.826. The highest BCUT2D eigenvalue weighted by atomic mass is 79.9. The van der Waals surface area contributed by atoms with Gasteiger partial charge in [-0.1, -0.05) is 20.8 Å². The van der Waals surface area contributed by atoms with Gasteiger partial charge in [0.2, 0.25) is 0 Å². The molecule has 0 bridgehead atoms. The Kier molecular flexibility index (Phi) is 5.11. The lowest BCUT2D eigenvalue weighted by Crippen LogP contribution is -2.24. The van der Waals surface area contributed by atoms with E-state index >= 15 is 0 Å². The van der Waals surface area contributed by atoms with E-state index in [-0.39, 0.29) is 5.41 Å². The molecule has 0 heterocycles. The average molecular weight is 344 g/mol. The Balaban J connectivity index is 3.66. The van der Waals surface area contributed by atoms with E-state index in [4.69, 9.17) is 19.1 Å². The van der Waals surface area contributed by atoms with Gasteiger partial charge in [-0.3, -0.25) is 0 Å². The summed E-state index contributed by atoms with van der Waals surface area (Å²) >= 11 is 3.46. The topological polar surface area (TPSA) is 58.9 Å². The summed E-state index contributed by atoms with van der Waals surface area (Å²) in [6.07, 6.45) is 0. The average Bonchev–Trinajstić information content (AvgIpc) is 2.24. The van der Waals surface area contributed by atoms with Crippen molar-refractivity contribution in [3.8, 4) is 11.5 Å². The number of rotatable bonds is 3. The Morgan fingerprint density at radius 2 is 1.63 bits per heavy atom. The Bertz CT molecular complexity index is 486. The van der Waals surface area contributed by atoms with Crippen LogP contribution in [-0.4, -0.2) is 27.9 Å². The highest BCUT2D eigenvalue weighted by Crippen LogP contribution is 2.46. The maximum Gasteiger partial charge on any atom is 0.707 e. The van der Waals surface area contributed by atoms with Gasteiger partial charge in [-0.2, -0.15) is 0 Å². The molecule has 0 fully saturated rings. The summed E-state index contributed by atoms with van der Waals surface area (Å²) in [5, 5.41) is 18.1. The van der Waals surface area contributed by atoms with Crippen molar-refractivity contribution in [2.75, 3.05) is 0 Å². The van der Waals surface area contributed by atoms with Crippen LogP contribution in [0.25, 0.3) is 0 Å². The molecule has 0 saturated heterocycles. The molecule has 0 amide bonds. The summed E-state index contributed by atoms with van der Waals surface area (Å²) < 4.78 is 10.9. The zero-order valence-electron chi connectivity index (χ0n) is 11.7. The second-order valence-electron chi connectivity index (χ2n) is 5.39. The van der Waals surface area contributed by atoms with Crippen LogP contribution < -0.4 is 9.08 Å². The van der Waals surface area contributed by atoms with Crippen molar-refractivity contribution < 1.29 is 19.1 Å². The van der Waals surface area contributed by atoms with Gasteiger partial charge < -0.3 is 19.1 Å². The van der Waals surface area contributed by atoms with Gasteiger partial charge in [0.1, 0.15) is 5.75 Å². The third kappa shape index (κ3) is 3.34. The lowest BCUT2D eigenvalue weighted by molar-refractivity contribution is 0.283. The molecule has 0 aliphatic heterocycles. The predicted molar refractivity (Wildman–Crippen MR) is 79.5 cm³/mol. The van der Waals surface area contributed by atoms with E-state index in [0.717, 1.165) is 16.7 Å². The molecule has 1 rings (SSSR count). The van der Waals surface area contributed by atoms with Crippen LogP contribution in [0.3, 0.4) is 0 Å². The predicted octanol–water partition coefficient (Wildman–Crippen LogP) is 2.17. The molecule has 0 unspecified atom stereocenters. The van der Waals surface area contributed by atoms with Gasteiger partial charge >= 0.3 is 17.8 Å². The maximum atomic E-state index is 9.05. The first-order valence-corrected chi connectivity index (χ1v) is 7.00. The van der Waals surface area contributed by atoms with Crippen LogP contribution in [0.15, 0.2) is 4.47 Å². The Hall–Kier alpha value is -0.498. The van der Waals surface area contributed by atoms with E-state index in [0.29, 0.717) is 16.0 Å². The third-order valence-electron chi connectivity index (χ3n) is 2.90. The van der Waals surface area contributed by atoms with E-state index in [1.54, 1.807) is 0 Å². The van der Waals surface area contributed by atoms with Gasteiger partial charge in [0.05, 0.1) is 4.47 Å². The van der Waals surface area contributed by atoms with Crippen molar-refractivity contribution in [1.29, 1.82) is 0 Å². The summed E-state index contributed by atoms with van der Waals surface area (Å²) in [4.78, 5) is 0. The molecule has 0 atom stereocenters. The van der Waals surface area contributed by atoms with Gasteiger partial charge in [-0.05, 0) is 51.9 Å². The maximum absolute atomic E-state index is 9.05. The van der Waals surface area contributed by atoms with E-state index in [2.05, 4.69) is 47.2 Å². The van der Waals surface area contributed by atoms with Crippen LogP contribution in [0.1, 0.15) is 37.5 Å². The normalized spacial score (nSPS) is 11.4. The molecule has 1 aromatic rings. The first kappa shape index (κ1) is 16.6. The Labute approximate surface area is 126 Å². The fraction of sp³-hybridized carbons (Fsp3) is 0.500. The fourth-order valence-electron chi connectivity index (χ4n) is 2.41. The van der Waals surface area contributed by atoms with Crippen LogP contribution in [0.5, 0.6) is 11.5 Å². The van der Waals surface area contributed by atoms with E-state index < -0.39 is 7.32 Å². The molecular formula is C12H17BBrO4Si. The number of benzene rings is 1. The molecule has 1 aromatic carbocycles. The largest absolute Gasteiger partial charge is 0.707 e. The molecule has 0 aliphatic carbocycles.